The van der Waals surface area contributed by atoms with Gasteiger partial charge in [-0.3, -0.25) is 4.98 Å². The van der Waals surface area contributed by atoms with Crippen molar-refractivity contribution in [2.45, 2.75) is 0 Å². The first kappa shape index (κ1) is 35.6. The molecule has 0 fully saturated rings. The predicted molar refractivity (Wildman–Crippen MR) is 265 cm³/mol. The molecule has 0 spiro atoms. The highest BCUT2D eigenvalue weighted by molar-refractivity contribution is 7.25. The Morgan fingerprint density at radius 3 is 1.62 bits per heavy atom. The number of thiophene rings is 1. The molecule has 0 N–H and O–H groups in total. The molecule has 0 saturated carbocycles. The van der Waals surface area contributed by atoms with Gasteiger partial charge in [0.2, 0.25) is 0 Å². The number of hydrogen-bond acceptors (Lipinski definition) is 3. The van der Waals surface area contributed by atoms with E-state index in [0.29, 0.717) is 0 Å². The van der Waals surface area contributed by atoms with Gasteiger partial charge in [-0.05, 0) is 101 Å². The molecule has 0 amide bonds. The SMILES string of the molecule is c1ccc(-c2cc(-n3c4ccccc4c4ccc(-c5ccc6c(c5)c5ccccc5n6-c5cccc(-c6ccc7sc8cccnc8c7c6)c5)cc43)cc(-c3ccccc3)n2)cc1. The van der Waals surface area contributed by atoms with Gasteiger partial charge in [-0.15, -0.1) is 11.3 Å². The standard InChI is InChI=1S/C58H36N4S/c1-3-13-37(14-4-1)50-35-44(36-51(60-50)38-15-5-2-6-16-38)62-52-21-9-7-19-45(52)47-27-24-42(34-55(47)62)40-25-28-54-48(32-40)46-20-8-10-22-53(46)61(54)43-18-11-17-39(31-43)41-26-29-56-49(33-41)58-57(63-56)23-12-30-59-58/h1-36H. The van der Waals surface area contributed by atoms with E-state index in [-0.39, 0.29) is 0 Å². The molecule has 0 bridgehead atoms. The molecule has 0 saturated heterocycles. The Bertz CT molecular complexity index is 3860. The van der Waals surface area contributed by atoms with Crippen LogP contribution >= 0.6 is 11.3 Å². The summed E-state index contributed by atoms with van der Waals surface area (Å²) >= 11 is 1.80. The Labute approximate surface area is 367 Å². The summed E-state index contributed by atoms with van der Waals surface area (Å²) < 4.78 is 7.31. The lowest BCUT2D eigenvalue weighted by atomic mass is 10.0. The lowest BCUT2D eigenvalue weighted by Crippen LogP contribution is -1.98. The molecular weight excluding hydrogens is 785 g/mol. The minimum atomic E-state index is 0.941. The van der Waals surface area contributed by atoms with Crippen molar-refractivity contribution in [2.75, 3.05) is 0 Å². The van der Waals surface area contributed by atoms with Crippen molar-refractivity contribution in [3.05, 3.63) is 219 Å². The molecule has 5 heterocycles. The van der Waals surface area contributed by atoms with E-state index in [0.717, 1.165) is 50.4 Å². The summed E-state index contributed by atoms with van der Waals surface area (Å²) in [6.45, 7) is 0. The molecule has 0 atom stereocenters. The van der Waals surface area contributed by atoms with Crippen LogP contribution in [0.3, 0.4) is 0 Å². The molecule has 294 valence electrons. The van der Waals surface area contributed by atoms with Crippen molar-refractivity contribution < 1.29 is 0 Å². The van der Waals surface area contributed by atoms with Gasteiger partial charge >= 0.3 is 0 Å². The van der Waals surface area contributed by atoms with E-state index in [4.69, 9.17) is 9.97 Å². The normalized spacial score (nSPS) is 11.8. The quantitative estimate of drug-likeness (QED) is 0.167. The minimum Gasteiger partial charge on any atom is -0.309 e. The fourth-order valence-corrected chi connectivity index (χ4v) is 10.7. The fourth-order valence-electron chi connectivity index (χ4n) is 9.62. The van der Waals surface area contributed by atoms with Gasteiger partial charge in [0.15, 0.2) is 0 Å². The maximum atomic E-state index is 5.21. The molecule has 0 unspecified atom stereocenters. The average molecular weight is 821 g/mol. The van der Waals surface area contributed by atoms with Gasteiger partial charge in [0, 0.05) is 54.6 Å². The third kappa shape index (κ3) is 5.82. The second-order valence-electron chi connectivity index (χ2n) is 16.2. The summed E-state index contributed by atoms with van der Waals surface area (Å²) in [6, 6.07) is 76.8. The third-order valence-electron chi connectivity index (χ3n) is 12.6. The van der Waals surface area contributed by atoms with E-state index < -0.39 is 0 Å². The lowest BCUT2D eigenvalue weighted by Gasteiger charge is -2.14. The molecule has 13 rings (SSSR count). The number of aromatic nitrogens is 4. The van der Waals surface area contributed by atoms with Gasteiger partial charge in [0.1, 0.15) is 0 Å². The second kappa shape index (κ2) is 14.2. The van der Waals surface area contributed by atoms with E-state index in [2.05, 4.69) is 215 Å². The molecule has 8 aromatic carbocycles. The zero-order valence-corrected chi connectivity index (χ0v) is 34.8. The van der Waals surface area contributed by atoms with Crippen molar-refractivity contribution in [3.8, 4) is 56.1 Å². The Hall–Kier alpha value is -8.12. The summed E-state index contributed by atoms with van der Waals surface area (Å²) in [7, 11) is 0. The van der Waals surface area contributed by atoms with E-state index in [1.54, 1.807) is 11.3 Å². The molecule has 5 aromatic heterocycles. The first-order chi connectivity index (χ1) is 31.2. The predicted octanol–water partition coefficient (Wildman–Crippen LogP) is 15.7. The molecule has 0 radical (unpaired) electrons. The zero-order valence-electron chi connectivity index (χ0n) is 34.0. The summed E-state index contributed by atoms with van der Waals surface area (Å²) in [5.74, 6) is 0. The van der Waals surface area contributed by atoms with Crippen molar-refractivity contribution in [1.29, 1.82) is 0 Å². The average Bonchev–Trinajstić information content (AvgIpc) is 4.01. The Morgan fingerprint density at radius 2 is 0.873 bits per heavy atom. The highest BCUT2D eigenvalue weighted by atomic mass is 32.1. The van der Waals surface area contributed by atoms with Crippen LogP contribution in [0.5, 0.6) is 0 Å². The van der Waals surface area contributed by atoms with Crippen molar-refractivity contribution in [3.63, 3.8) is 0 Å². The number of rotatable bonds is 6. The summed E-state index contributed by atoms with van der Waals surface area (Å²) in [4.78, 5) is 9.94. The minimum absolute atomic E-state index is 0.941. The molecule has 0 aliphatic rings. The van der Waals surface area contributed by atoms with Crippen LogP contribution in [0.4, 0.5) is 0 Å². The van der Waals surface area contributed by atoms with E-state index in [1.165, 1.54) is 69.6 Å². The number of nitrogens with zero attached hydrogens (tertiary/aromatic N) is 4. The number of fused-ring (bicyclic) bond motifs is 9. The van der Waals surface area contributed by atoms with Crippen molar-refractivity contribution in [2.24, 2.45) is 0 Å². The first-order valence-corrected chi connectivity index (χ1v) is 22.1. The lowest BCUT2D eigenvalue weighted by molar-refractivity contribution is 1.16. The summed E-state index contributed by atoms with van der Waals surface area (Å²) in [5, 5.41) is 6.09. The van der Waals surface area contributed by atoms with Crippen LogP contribution in [0.25, 0.3) is 120 Å². The maximum absolute atomic E-state index is 5.21. The molecule has 4 nitrogen and oxygen atoms in total. The van der Waals surface area contributed by atoms with E-state index >= 15 is 0 Å². The molecule has 13 aromatic rings. The Balaban J connectivity index is 0.961. The van der Waals surface area contributed by atoms with Crippen LogP contribution in [-0.4, -0.2) is 19.1 Å². The molecular formula is C58H36N4S. The van der Waals surface area contributed by atoms with E-state index in [1.807, 2.05) is 12.3 Å². The van der Waals surface area contributed by atoms with Crippen LogP contribution in [0, 0.1) is 0 Å². The second-order valence-corrected chi connectivity index (χ2v) is 17.3. The maximum Gasteiger partial charge on any atom is 0.0888 e. The largest absolute Gasteiger partial charge is 0.309 e. The van der Waals surface area contributed by atoms with Crippen LogP contribution < -0.4 is 0 Å². The van der Waals surface area contributed by atoms with Crippen molar-refractivity contribution in [1.82, 2.24) is 19.1 Å². The van der Waals surface area contributed by atoms with Crippen LogP contribution in [0.1, 0.15) is 0 Å². The van der Waals surface area contributed by atoms with Crippen LogP contribution in [0.15, 0.2) is 219 Å². The van der Waals surface area contributed by atoms with Crippen LogP contribution in [-0.2, 0) is 0 Å². The van der Waals surface area contributed by atoms with Gasteiger partial charge < -0.3 is 9.13 Å². The zero-order chi connectivity index (χ0) is 41.4. The number of para-hydroxylation sites is 2. The number of pyridine rings is 2. The van der Waals surface area contributed by atoms with Gasteiger partial charge in [0.25, 0.3) is 0 Å². The van der Waals surface area contributed by atoms with E-state index in [9.17, 15) is 0 Å². The highest BCUT2D eigenvalue weighted by Crippen LogP contribution is 2.41. The third-order valence-corrected chi connectivity index (χ3v) is 13.7. The van der Waals surface area contributed by atoms with Gasteiger partial charge in [-0.25, -0.2) is 4.98 Å². The van der Waals surface area contributed by atoms with Gasteiger partial charge in [0.05, 0.1) is 49.4 Å². The number of benzene rings is 8. The molecule has 5 heteroatoms. The molecule has 0 aliphatic heterocycles. The molecule has 63 heavy (non-hydrogen) atoms. The van der Waals surface area contributed by atoms with Crippen molar-refractivity contribution >= 4 is 75.3 Å². The fraction of sp³-hybridized carbons (Fsp3) is 0. The van der Waals surface area contributed by atoms with Crippen LogP contribution in [0.2, 0.25) is 0 Å². The smallest absolute Gasteiger partial charge is 0.0888 e. The Kier molecular flexibility index (Phi) is 8.05. The monoisotopic (exact) mass is 820 g/mol. The topological polar surface area (TPSA) is 35.6 Å². The first-order valence-electron chi connectivity index (χ1n) is 21.3. The Morgan fingerprint density at radius 1 is 0.317 bits per heavy atom. The highest BCUT2D eigenvalue weighted by Gasteiger charge is 2.18. The number of hydrogen-bond donors (Lipinski definition) is 0. The van der Waals surface area contributed by atoms with Gasteiger partial charge in [-0.1, -0.05) is 133 Å². The molecule has 0 aliphatic carbocycles. The van der Waals surface area contributed by atoms with Gasteiger partial charge in [-0.2, -0.15) is 0 Å². The summed E-state index contributed by atoms with van der Waals surface area (Å²) in [6.07, 6.45) is 1.89. The summed E-state index contributed by atoms with van der Waals surface area (Å²) in [5.41, 5.74) is 16.7.